The Hall–Kier alpha value is -1.91. The van der Waals surface area contributed by atoms with Crippen molar-refractivity contribution in [1.29, 1.82) is 0 Å². The number of carboxylic acid groups (broad SMARTS) is 1. The van der Waals surface area contributed by atoms with Gasteiger partial charge in [0.2, 0.25) is 0 Å². The summed E-state index contributed by atoms with van der Waals surface area (Å²) >= 11 is 6.05. The normalized spacial score (nSPS) is 19.5. The van der Waals surface area contributed by atoms with E-state index >= 15 is 0 Å². The van der Waals surface area contributed by atoms with Gasteiger partial charge in [0.25, 0.3) is 0 Å². The number of hydrogen-bond donors (Lipinski definition) is 1. The molecule has 3 rings (SSSR count). The van der Waals surface area contributed by atoms with Crippen molar-refractivity contribution in [2.75, 3.05) is 13.1 Å². The van der Waals surface area contributed by atoms with Gasteiger partial charge < -0.3 is 5.11 Å². The largest absolute Gasteiger partial charge is 0.481 e. The molecule has 1 N–H and O–H groups in total. The number of aryl methyl sites for hydroxylation is 1. The molecule has 0 saturated carbocycles. The third-order valence-corrected chi connectivity index (χ3v) is 5.14. The first-order valence-electron chi connectivity index (χ1n) is 8.75. The van der Waals surface area contributed by atoms with Gasteiger partial charge in [0.05, 0.1) is 17.7 Å². The fourth-order valence-corrected chi connectivity index (χ4v) is 3.59. The number of carbonyl (C=O) groups is 1. The van der Waals surface area contributed by atoms with Crippen molar-refractivity contribution in [3.63, 3.8) is 0 Å². The lowest BCUT2D eigenvalue weighted by Crippen LogP contribution is -2.41. The van der Waals surface area contributed by atoms with Gasteiger partial charge in [0, 0.05) is 17.8 Å². The van der Waals surface area contributed by atoms with Crippen molar-refractivity contribution in [2.45, 2.75) is 32.2 Å². The second-order valence-electron chi connectivity index (χ2n) is 6.57. The molecular formula is C20H23ClN2O2. The van der Waals surface area contributed by atoms with Gasteiger partial charge in [0.15, 0.2) is 0 Å². The minimum Gasteiger partial charge on any atom is -0.481 e. The van der Waals surface area contributed by atoms with Gasteiger partial charge in [-0.25, -0.2) is 0 Å². The average Bonchev–Trinajstić information content (AvgIpc) is 2.64. The molecule has 5 heteroatoms. The number of pyridine rings is 1. The van der Waals surface area contributed by atoms with Crippen LogP contribution in [0.4, 0.5) is 0 Å². The van der Waals surface area contributed by atoms with Gasteiger partial charge in [-0.15, -0.1) is 0 Å². The molecule has 132 valence electrons. The second-order valence-corrected chi connectivity index (χ2v) is 7.01. The number of halogens is 1. The Morgan fingerprint density at radius 3 is 2.68 bits per heavy atom. The number of benzene rings is 1. The molecule has 0 radical (unpaired) electrons. The minimum absolute atomic E-state index is 0.0506. The van der Waals surface area contributed by atoms with E-state index < -0.39 is 5.97 Å². The van der Waals surface area contributed by atoms with Crippen LogP contribution in [0.25, 0.3) is 0 Å². The number of rotatable bonds is 5. The van der Waals surface area contributed by atoms with Gasteiger partial charge in [-0.3, -0.25) is 14.7 Å². The SMILES string of the molecule is CCc1ccc(C(c2ccc(Cl)cc2)N2CCCC(C(=O)O)C2)nc1. The van der Waals surface area contributed by atoms with E-state index in [1.54, 1.807) is 0 Å². The standard InChI is InChI=1S/C20H23ClN2O2/c1-2-14-5-10-18(22-12-14)19(15-6-8-17(21)9-7-15)23-11-3-4-16(13-23)20(24)25/h5-10,12,16,19H,2-4,11,13H2,1H3,(H,24,25). The predicted molar refractivity (Wildman–Crippen MR) is 98.8 cm³/mol. The molecule has 2 aromatic rings. The molecule has 1 aliphatic rings. The predicted octanol–water partition coefficient (Wildman–Crippen LogP) is 4.18. The number of piperidine rings is 1. The number of carboxylic acids is 1. The lowest BCUT2D eigenvalue weighted by molar-refractivity contribution is -0.143. The summed E-state index contributed by atoms with van der Waals surface area (Å²) < 4.78 is 0. The van der Waals surface area contributed by atoms with E-state index in [0.29, 0.717) is 11.6 Å². The number of aliphatic carboxylic acids is 1. The molecule has 0 bridgehead atoms. The summed E-state index contributed by atoms with van der Waals surface area (Å²) in [6, 6.07) is 11.9. The molecule has 4 nitrogen and oxygen atoms in total. The van der Waals surface area contributed by atoms with E-state index in [1.165, 1.54) is 5.56 Å². The summed E-state index contributed by atoms with van der Waals surface area (Å²) in [4.78, 5) is 18.4. The van der Waals surface area contributed by atoms with Crippen molar-refractivity contribution in [3.05, 3.63) is 64.4 Å². The maximum absolute atomic E-state index is 11.5. The first-order chi connectivity index (χ1) is 12.1. The van der Waals surface area contributed by atoms with Crippen LogP contribution in [-0.2, 0) is 11.2 Å². The molecule has 1 fully saturated rings. The fraction of sp³-hybridized carbons (Fsp3) is 0.400. The Labute approximate surface area is 153 Å². The van der Waals surface area contributed by atoms with Gasteiger partial charge in [-0.05, 0) is 55.1 Å². The Kier molecular flexibility index (Phi) is 5.71. The van der Waals surface area contributed by atoms with E-state index in [2.05, 4.69) is 28.9 Å². The minimum atomic E-state index is -0.714. The van der Waals surface area contributed by atoms with E-state index in [0.717, 1.165) is 37.1 Å². The van der Waals surface area contributed by atoms with Crippen molar-refractivity contribution in [3.8, 4) is 0 Å². The Bertz CT molecular complexity index is 715. The summed E-state index contributed by atoms with van der Waals surface area (Å²) in [6.45, 7) is 3.52. The molecule has 2 heterocycles. The van der Waals surface area contributed by atoms with Crippen LogP contribution in [0.2, 0.25) is 5.02 Å². The highest BCUT2D eigenvalue weighted by atomic mass is 35.5. The number of hydrogen-bond acceptors (Lipinski definition) is 3. The maximum atomic E-state index is 11.5. The van der Waals surface area contributed by atoms with Crippen LogP contribution in [-0.4, -0.2) is 34.0 Å². The topological polar surface area (TPSA) is 53.4 Å². The van der Waals surface area contributed by atoms with Crippen molar-refractivity contribution >= 4 is 17.6 Å². The van der Waals surface area contributed by atoms with Crippen LogP contribution < -0.4 is 0 Å². The second kappa shape index (κ2) is 7.98. The van der Waals surface area contributed by atoms with Crippen LogP contribution in [0.3, 0.4) is 0 Å². The van der Waals surface area contributed by atoms with Crippen molar-refractivity contribution in [1.82, 2.24) is 9.88 Å². The van der Waals surface area contributed by atoms with E-state index in [-0.39, 0.29) is 12.0 Å². The smallest absolute Gasteiger partial charge is 0.307 e. The molecule has 1 aromatic carbocycles. The lowest BCUT2D eigenvalue weighted by atomic mass is 9.93. The van der Waals surface area contributed by atoms with Crippen LogP contribution in [0.1, 0.15) is 42.6 Å². The third-order valence-electron chi connectivity index (χ3n) is 4.89. The molecule has 0 spiro atoms. The van der Waals surface area contributed by atoms with Crippen LogP contribution >= 0.6 is 11.6 Å². The zero-order valence-corrected chi connectivity index (χ0v) is 15.1. The van der Waals surface area contributed by atoms with Gasteiger partial charge >= 0.3 is 5.97 Å². The highest BCUT2D eigenvalue weighted by Crippen LogP contribution is 2.32. The van der Waals surface area contributed by atoms with Gasteiger partial charge in [-0.1, -0.05) is 36.7 Å². The molecule has 2 unspecified atom stereocenters. The molecule has 1 aliphatic heterocycles. The molecule has 0 amide bonds. The Morgan fingerprint density at radius 1 is 1.32 bits per heavy atom. The van der Waals surface area contributed by atoms with Crippen LogP contribution in [0.5, 0.6) is 0 Å². The zero-order valence-electron chi connectivity index (χ0n) is 14.4. The van der Waals surface area contributed by atoms with Crippen LogP contribution in [0.15, 0.2) is 42.6 Å². The first kappa shape index (κ1) is 17.9. The molecule has 0 aliphatic carbocycles. The van der Waals surface area contributed by atoms with Gasteiger partial charge in [0.1, 0.15) is 0 Å². The number of aromatic nitrogens is 1. The summed E-state index contributed by atoms with van der Waals surface area (Å²) in [5.74, 6) is -1.03. The van der Waals surface area contributed by atoms with Crippen molar-refractivity contribution < 1.29 is 9.90 Å². The van der Waals surface area contributed by atoms with Gasteiger partial charge in [-0.2, -0.15) is 0 Å². The highest BCUT2D eigenvalue weighted by Gasteiger charge is 2.31. The summed E-state index contributed by atoms with van der Waals surface area (Å²) in [6.07, 6.45) is 4.48. The van der Waals surface area contributed by atoms with Crippen LogP contribution in [0, 0.1) is 5.92 Å². The maximum Gasteiger partial charge on any atom is 0.307 e. The quantitative estimate of drug-likeness (QED) is 0.871. The molecule has 2 atom stereocenters. The number of likely N-dealkylation sites (tertiary alicyclic amines) is 1. The zero-order chi connectivity index (χ0) is 17.8. The molecule has 1 saturated heterocycles. The highest BCUT2D eigenvalue weighted by molar-refractivity contribution is 6.30. The summed E-state index contributed by atoms with van der Waals surface area (Å²) in [5, 5.41) is 10.1. The Morgan fingerprint density at radius 2 is 2.08 bits per heavy atom. The van der Waals surface area contributed by atoms with Crippen molar-refractivity contribution in [2.24, 2.45) is 5.92 Å². The summed E-state index contributed by atoms with van der Waals surface area (Å²) in [7, 11) is 0. The average molecular weight is 359 g/mol. The first-order valence-corrected chi connectivity index (χ1v) is 9.13. The summed E-state index contributed by atoms with van der Waals surface area (Å²) in [5.41, 5.74) is 3.23. The molecular weight excluding hydrogens is 336 g/mol. The third kappa shape index (κ3) is 4.20. The molecule has 1 aromatic heterocycles. The monoisotopic (exact) mass is 358 g/mol. The number of nitrogens with zero attached hydrogens (tertiary/aromatic N) is 2. The lowest BCUT2D eigenvalue weighted by Gasteiger charge is -2.37. The van der Waals surface area contributed by atoms with E-state index in [1.807, 2.05) is 30.5 Å². The van der Waals surface area contributed by atoms with E-state index in [9.17, 15) is 9.90 Å². The fourth-order valence-electron chi connectivity index (χ4n) is 3.46. The molecule has 25 heavy (non-hydrogen) atoms. The Balaban J connectivity index is 1.95. The van der Waals surface area contributed by atoms with E-state index in [4.69, 9.17) is 11.6 Å².